The van der Waals surface area contributed by atoms with Gasteiger partial charge in [-0.05, 0) is 37.0 Å². The Balaban J connectivity index is 2.03. The number of aliphatic hydroxyl groups excluding tert-OH is 1. The van der Waals surface area contributed by atoms with E-state index in [0.717, 1.165) is 25.2 Å². The van der Waals surface area contributed by atoms with Crippen LogP contribution in [0.4, 0.5) is 0 Å². The second kappa shape index (κ2) is 2.52. The predicted molar refractivity (Wildman–Crippen MR) is 52.7 cm³/mol. The van der Waals surface area contributed by atoms with Gasteiger partial charge in [0.15, 0.2) is 0 Å². The highest BCUT2D eigenvalue weighted by Crippen LogP contribution is 2.63. The number of rotatable bonds is 0. The van der Waals surface area contributed by atoms with Crippen LogP contribution in [0.2, 0.25) is 0 Å². The van der Waals surface area contributed by atoms with Crippen LogP contribution in [0.5, 0.6) is 0 Å². The van der Waals surface area contributed by atoms with Crippen molar-refractivity contribution < 1.29 is 5.11 Å². The first kappa shape index (κ1) is 8.31. The molecule has 72 valence electrons. The zero-order valence-electron chi connectivity index (χ0n) is 7.62. The van der Waals surface area contributed by atoms with Crippen molar-refractivity contribution in [3.05, 3.63) is 12.2 Å². The third-order valence-corrected chi connectivity index (χ3v) is 4.87. The minimum Gasteiger partial charge on any atom is -0.393 e. The molecule has 0 radical (unpaired) electrons. The second-order valence-electron chi connectivity index (χ2n) is 4.83. The Hall–Kier alpha value is -0.0100. The summed E-state index contributed by atoms with van der Waals surface area (Å²) >= 11 is 6.31. The highest BCUT2D eigenvalue weighted by molar-refractivity contribution is 6.21. The van der Waals surface area contributed by atoms with Gasteiger partial charge in [-0.2, -0.15) is 0 Å². The summed E-state index contributed by atoms with van der Waals surface area (Å²) in [5.74, 6) is 1.08. The molecule has 1 N–H and O–H groups in total. The minimum absolute atomic E-state index is 0.143. The predicted octanol–water partition coefficient (Wildman–Crippen LogP) is 2.33. The molecule has 0 saturated heterocycles. The van der Waals surface area contributed by atoms with E-state index in [1.807, 2.05) is 0 Å². The van der Waals surface area contributed by atoms with E-state index in [-0.39, 0.29) is 11.5 Å². The molecular formula is C11H15ClO. The van der Waals surface area contributed by atoms with Gasteiger partial charge in [0.2, 0.25) is 0 Å². The lowest BCUT2D eigenvalue weighted by Crippen LogP contribution is -2.29. The first-order valence-electron chi connectivity index (χ1n) is 5.24. The summed E-state index contributed by atoms with van der Waals surface area (Å²) in [6, 6.07) is 0. The Kier molecular flexibility index (Phi) is 1.61. The van der Waals surface area contributed by atoms with Crippen molar-refractivity contribution in [2.75, 3.05) is 0 Å². The highest BCUT2D eigenvalue weighted by atomic mass is 35.5. The van der Waals surface area contributed by atoms with Gasteiger partial charge in [0.05, 0.1) is 6.10 Å². The Bertz CT molecular complexity index is 263. The molecule has 0 amide bonds. The van der Waals surface area contributed by atoms with Gasteiger partial charge in [-0.15, -0.1) is 11.6 Å². The van der Waals surface area contributed by atoms with Gasteiger partial charge >= 0.3 is 0 Å². The molecular weight excluding hydrogens is 184 g/mol. The number of alkyl halides is 1. The molecule has 0 heterocycles. The van der Waals surface area contributed by atoms with Crippen molar-refractivity contribution in [2.24, 2.45) is 17.3 Å². The van der Waals surface area contributed by atoms with Gasteiger partial charge in [0.1, 0.15) is 0 Å². The zero-order valence-corrected chi connectivity index (χ0v) is 8.37. The van der Waals surface area contributed by atoms with Crippen LogP contribution >= 0.6 is 11.6 Å². The van der Waals surface area contributed by atoms with Crippen molar-refractivity contribution in [1.29, 1.82) is 0 Å². The van der Waals surface area contributed by atoms with E-state index >= 15 is 0 Å². The lowest BCUT2D eigenvalue weighted by Gasteiger charge is -2.29. The van der Waals surface area contributed by atoms with E-state index in [9.17, 15) is 5.11 Å². The molecule has 0 aliphatic heterocycles. The SMILES string of the molecule is O[C@H]1CC[C@@]23C=CC[C@@H]2C[C@H](Cl)[C@@H]13. The van der Waals surface area contributed by atoms with Crippen LogP contribution in [0.25, 0.3) is 0 Å². The number of allylic oxidation sites excluding steroid dienone is 2. The van der Waals surface area contributed by atoms with E-state index in [0.29, 0.717) is 11.3 Å². The molecule has 0 aromatic rings. The molecule has 1 nitrogen and oxygen atoms in total. The van der Waals surface area contributed by atoms with Crippen LogP contribution < -0.4 is 0 Å². The summed E-state index contributed by atoms with van der Waals surface area (Å²) in [6.07, 6.45) is 8.90. The van der Waals surface area contributed by atoms with Crippen LogP contribution in [0, 0.1) is 17.3 Å². The maximum absolute atomic E-state index is 9.89. The van der Waals surface area contributed by atoms with Crippen molar-refractivity contribution in [3.8, 4) is 0 Å². The average Bonchev–Trinajstić information content (AvgIpc) is 2.65. The third kappa shape index (κ3) is 0.875. The molecule has 3 aliphatic rings. The van der Waals surface area contributed by atoms with Crippen molar-refractivity contribution in [1.82, 2.24) is 0 Å². The summed E-state index contributed by atoms with van der Waals surface area (Å²) in [4.78, 5) is 0. The molecule has 1 spiro atoms. The van der Waals surface area contributed by atoms with Crippen molar-refractivity contribution >= 4 is 11.6 Å². The van der Waals surface area contributed by atoms with E-state index in [1.54, 1.807) is 0 Å². The molecule has 0 aromatic heterocycles. The lowest BCUT2D eigenvalue weighted by atomic mass is 9.76. The van der Waals surface area contributed by atoms with Gasteiger partial charge in [0.25, 0.3) is 0 Å². The summed E-state index contributed by atoms with van der Waals surface area (Å²) in [5.41, 5.74) is 0.297. The maximum Gasteiger partial charge on any atom is 0.0591 e. The molecule has 5 atom stereocenters. The van der Waals surface area contributed by atoms with Gasteiger partial charge in [-0.3, -0.25) is 0 Å². The van der Waals surface area contributed by atoms with Gasteiger partial charge < -0.3 is 5.11 Å². The molecule has 0 aromatic carbocycles. The standard InChI is InChI=1S/C11H15ClO/c12-8-6-7-2-1-4-11(7)5-3-9(13)10(8)11/h1,4,7-10,13H,2-3,5-6H2/t7-,8+,9+,10+,11+/m1/s1. The normalized spacial score (nSPS) is 58.3. The number of hydrogen-bond donors (Lipinski definition) is 1. The van der Waals surface area contributed by atoms with Gasteiger partial charge in [0, 0.05) is 11.3 Å². The quantitative estimate of drug-likeness (QED) is 0.468. The topological polar surface area (TPSA) is 20.2 Å². The Morgan fingerprint density at radius 3 is 3.15 bits per heavy atom. The molecule has 3 aliphatic carbocycles. The van der Waals surface area contributed by atoms with Crippen LogP contribution in [0.3, 0.4) is 0 Å². The number of hydrogen-bond acceptors (Lipinski definition) is 1. The molecule has 3 rings (SSSR count). The van der Waals surface area contributed by atoms with E-state index in [1.165, 1.54) is 6.42 Å². The second-order valence-corrected chi connectivity index (χ2v) is 5.39. The fourth-order valence-corrected chi connectivity index (χ4v) is 4.51. The smallest absolute Gasteiger partial charge is 0.0591 e. The zero-order chi connectivity index (χ0) is 9.05. The molecule has 0 bridgehead atoms. The largest absolute Gasteiger partial charge is 0.393 e. The highest BCUT2D eigenvalue weighted by Gasteiger charge is 2.59. The Morgan fingerprint density at radius 2 is 2.31 bits per heavy atom. The fourth-order valence-electron chi connectivity index (χ4n) is 3.89. The van der Waals surface area contributed by atoms with Crippen LogP contribution in [0.1, 0.15) is 25.7 Å². The number of aliphatic hydroxyl groups is 1. The summed E-state index contributed by atoms with van der Waals surface area (Å²) < 4.78 is 0. The Labute approximate surface area is 83.8 Å². The molecule has 0 unspecified atom stereocenters. The summed E-state index contributed by atoms with van der Waals surface area (Å²) in [7, 11) is 0. The van der Waals surface area contributed by atoms with Crippen LogP contribution in [-0.4, -0.2) is 16.6 Å². The van der Waals surface area contributed by atoms with E-state index < -0.39 is 0 Å². The molecule has 2 heteroatoms. The van der Waals surface area contributed by atoms with Gasteiger partial charge in [-0.25, -0.2) is 0 Å². The van der Waals surface area contributed by atoms with E-state index in [4.69, 9.17) is 11.6 Å². The molecule has 2 saturated carbocycles. The fraction of sp³-hybridized carbons (Fsp3) is 0.818. The third-order valence-electron chi connectivity index (χ3n) is 4.42. The first-order valence-corrected chi connectivity index (χ1v) is 5.67. The van der Waals surface area contributed by atoms with Crippen LogP contribution in [0.15, 0.2) is 12.2 Å². The summed E-state index contributed by atoms with van der Waals surface area (Å²) in [5, 5.41) is 10.1. The van der Waals surface area contributed by atoms with Crippen LogP contribution in [-0.2, 0) is 0 Å². The lowest BCUT2D eigenvalue weighted by molar-refractivity contribution is 0.108. The number of halogens is 1. The maximum atomic E-state index is 9.89. The summed E-state index contributed by atoms with van der Waals surface area (Å²) in [6.45, 7) is 0. The molecule has 13 heavy (non-hydrogen) atoms. The van der Waals surface area contributed by atoms with Crippen molar-refractivity contribution in [2.45, 2.75) is 37.2 Å². The minimum atomic E-state index is -0.143. The monoisotopic (exact) mass is 198 g/mol. The Morgan fingerprint density at radius 1 is 1.46 bits per heavy atom. The van der Waals surface area contributed by atoms with Crippen molar-refractivity contribution in [3.63, 3.8) is 0 Å². The van der Waals surface area contributed by atoms with Gasteiger partial charge in [-0.1, -0.05) is 12.2 Å². The molecule has 2 fully saturated rings. The van der Waals surface area contributed by atoms with E-state index in [2.05, 4.69) is 12.2 Å². The first-order chi connectivity index (χ1) is 6.24. The average molecular weight is 199 g/mol.